The van der Waals surface area contributed by atoms with Crippen LogP contribution in [0.2, 0.25) is 0 Å². The smallest absolute Gasteiger partial charge is 0.321 e. The first-order chi connectivity index (χ1) is 9.08. The Hall–Kier alpha value is -1.73. The summed E-state index contributed by atoms with van der Waals surface area (Å²) in [5.41, 5.74) is 0.677. The van der Waals surface area contributed by atoms with Crippen molar-refractivity contribution in [3.05, 3.63) is 50.7 Å². The Morgan fingerprint density at radius 2 is 2.00 bits per heavy atom. The molecule has 6 nitrogen and oxygen atoms in total. The molecule has 0 spiro atoms. The Morgan fingerprint density at radius 3 is 2.58 bits per heavy atom. The number of nitrogens with zero attached hydrogens (tertiary/aromatic N) is 3. The molecule has 0 unspecified atom stereocenters. The van der Waals surface area contributed by atoms with Gasteiger partial charge in [-0.15, -0.1) is 11.6 Å². The highest BCUT2D eigenvalue weighted by atomic mass is 79.9. The van der Waals surface area contributed by atoms with E-state index in [1.807, 2.05) is 0 Å². The molecule has 0 aliphatic rings. The van der Waals surface area contributed by atoms with Gasteiger partial charge in [0.1, 0.15) is 5.75 Å². The fourth-order valence-electron chi connectivity index (χ4n) is 1.28. The van der Waals surface area contributed by atoms with E-state index in [-0.39, 0.29) is 17.4 Å². The number of halogens is 2. The Kier molecular flexibility index (Phi) is 4.28. The minimum absolute atomic E-state index is 0.0817. The van der Waals surface area contributed by atoms with Crippen LogP contribution in [0.5, 0.6) is 11.8 Å². The van der Waals surface area contributed by atoms with E-state index in [4.69, 9.17) is 16.3 Å². The van der Waals surface area contributed by atoms with Crippen molar-refractivity contribution in [2.45, 2.75) is 5.88 Å². The highest BCUT2D eigenvalue weighted by Gasteiger charge is 2.11. The van der Waals surface area contributed by atoms with Crippen LogP contribution in [0.15, 0.2) is 35.1 Å². The molecular formula is C11H7BrClN3O3. The van der Waals surface area contributed by atoms with Crippen LogP contribution in [-0.4, -0.2) is 14.9 Å². The Bertz CT molecular complexity index is 607. The molecule has 8 heteroatoms. The molecule has 98 valence electrons. The fourth-order valence-corrected chi connectivity index (χ4v) is 1.88. The van der Waals surface area contributed by atoms with E-state index < -0.39 is 4.92 Å². The number of nitro groups is 1. The van der Waals surface area contributed by atoms with E-state index in [0.717, 1.165) is 5.56 Å². The molecule has 2 rings (SSSR count). The Morgan fingerprint density at radius 1 is 1.32 bits per heavy atom. The van der Waals surface area contributed by atoms with E-state index in [1.165, 1.54) is 24.5 Å². The standard InChI is InChI=1S/C11H7BrClN3O3/c12-8-1-9(16(17)18)3-10(2-8)19-11-14-5-7(4-13)6-15-11/h1-3,5-6H,4H2. The average molecular weight is 345 g/mol. The predicted molar refractivity (Wildman–Crippen MR) is 72.5 cm³/mol. The summed E-state index contributed by atoms with van der Waals surface area (Å²) in [6.07, 6.45) is 3.06. The van der Waals surface area contributed by atoms with Crippen molar-refractivity contribution in [2.75, 3.05) is 0 Å². The second-order valence-corrected chi connectivity index (χ2v) is 4.69. The van der Waals surface area contributed by atoms with Gasteiger partial charge < -0.3 is 4.74 Å². The third-order valence-electron chi connectivity index (χ3n) is 2.11. The number of hydrogen-bond acceptors (Lipinski definition) is 5. The third kappa shape index (κ3) is 3.62. The number of alkyl halides is 1. The van der Waals surface area contributed by atoms with E-state index in [9.17, 15) is 10.1 Å². The van der Waals surface area contributed by atoms with Crippen molar-refractivity contribution in [2.24, 2.45) is 0 Å². The monoisotopic (exact) mass is 343 g/mol. The summed E-state index contributed by atoms with van der Waals surface area (Å²) >= 11 is 8.79. The van der Waals surface area contributed by atoms with Crippen molar-refractivity contribution in [1.29, 1.82) is 0 Å². The molecule has 0 saturated carbocycles. The second kappa shape index (κ2) is 5.94. The van der Waals surface area contributed by atoms with E-state index in [2.05, 4.69) is 25.9 Å². The van der Waals surface area contributed by atoms with Gasteiger partial charge >= 0.3 is 6.01 Å². The number of hydrogen-bond donors (Lipinski definition) is 0. The van der Waals surface area contributed by atoms with Gasteiger partial charge in [0.25, 0.3) is 5.69 Å². The maximum atomic E-state index is 10.7. The molecule has 1 heterocycles. The van der Waals surface area contributed by atoms with Gasteiger partial charge in [-0.25, -0.2) is 9.97 Å². The van der Waals surface area contributed by atoms with Crippen molar-refractivity contribution < 1.29 is 9.66 Å². The number of rotatable bonds is 4. The lowest BCUT2D eigenvalue weighted by atomic mass is 10.3. The quantitative estimate of drug-likeness (QED) is 0.480. The average Bonchev–Trinajstić information content (AvgIpc) is 2.39. The SMILES string of the molecule is O=[N+]([O-])c1cc(Br)cc(Oc2ncc(CCl)cn2)c1. The number of benzene rings is 1. The molecular weight excluding hydrogens is 337 g/mol. The van der Waals surface area contributed by atoms with Crippen molar-refractivity contribution in [3.8, 4) is 11.8 Å². The van der Waals surface area contributed by atoms with Gasteiger partial charge in [0.2, 0.25) is 0 Å². The molecule has 0 fully saturated rings. The summed E-state index contributed by atoms with van der Waals surface area (Å²) in [5.74, 6) is 0.586. The maximum absolute atomic E-state index is 10.7. The molecule has 19 heavy (non-hydrogen) atoms. The molecule has 0 bridgehead atoms. The van der Waals surface area contributed by atoms with Crippen LogP contribution in [0.4, 0.5) is 5.69 Å². The van der Waals surface area contributed by atoms with Crippen LogP contribution in [-0.2, 0) is 5.88 Å². The van der Waals surface area contributed by atoms with Crippen LogP contribution >= 0.6 is 27.5 Å². The minimum Gasteiger partial charge on any atom is -0.424 e. The van der Waals surface area contributed by atoms with Gasteiger partial charge in [0, 0.05) is 28.5 Å². The topological polar surface area (TPSA) is 78.2 Å². The van der Waals surface area contributed by atoms with Gasteiger partial charge in [-0.1, -0.05) is 15.9 Å². The molecule has 0 radical (unpaired) electrons. The molecule has 1 aromatic carbocycles. The minimum atomic E-state index is -0.505. The molecule has 0 saturated heterocycles. The molecule has 0 aliphatic carbocycles. The van der Waals surface area contributed by atoms with Crippen LogP contribution in [0.1, 0.15) is 5.56 Å². The first kappa shape index (κ1) is 13.7. The van der Waals surface area contributed by atoms with Gasteiger partial charge in [0.05, 0.1) is 16.9 Å². The first-order valence-electron chi connectivity index (χ1n) is 5.08. The fraction of sp³-hybridized carbons (Fsp3) is 0.0909. The van der Waals surface area contributed by atoms with Crippen molar-refractivity contribution >= 4 is 33.2 Å². The van der Waals surface area contributed by atoms with E-state index in [0.29, 0.717) is 10.4 Å². The molecule has 0 atom stereocenters. The maximum Gasteiger partial charge on any atom is 0.321 e. The molecule has 0 N–H and O–H groups in total. The molecule has 0 aliphatic heterocycles. The summed E-state index contributed by atoms with van der Waals surface area (Å²) < 4.78 is 5.89. The van der Waals surface area contributed by atoms with Gasteiger partial charge in [-0.3, -0.25) is 10.1 Å². The lowest BCUT2D eigenvalue weighted by Crippen LogP contribution is -1.94. The number of ether oxygens (including phenoxy) is 1. The number of nitro benzene ring substituents is 1. The highest BCUT2D eigenvalue weighted by Crippen LogP contribution is 2.28. The third-order valence-corrected chi connectivity index (χ3v) is 2.88. The summed E-state index contributed by atoms with van der Waals surface area (Å²) in [6, 6.07) is 4.36. The number of aromatic nitrogens is 2. The normalized spacial score (nSPS) is 10.2. The zero-order valence-corrected chi connectivity index (χ0v) is 11.8. The second-order valence-electron chi connectivity index (χ2n) is 3.51. The van der Waals surface area contributed by atoms with E-state index in [1.54, 1.807) is 6.07 Å². The van der Waals surface area contributed by atoms with Crippen LogP contribution in [0, 0.1) is 10.1 Å². The Labute approximate surface area is 121 Å². The lowest BCUT2D eigenvalue weighted by molar-refractivity contribution is -0.385. The van der Waals surface area contributed by atoms with Crippen molar-refractivity contribution in [3.63, 3.8) is 0 Å². The predicted octanol–water partition coefficient (Wildman–Crippen LogP) is 3.68. The van der Waals surface area contributed by atoms with Crippen LogP contribution < -0.4 is 4.74 Å². The molecule has 2 aromatic rings. The van der Waals surface area contributed by atoms with Crippen LogP contribution in [0.3, 0.4) is 0 Å². The lowest BCUT2D eigenvalue weighted by Gasteiger charge is -2.04. The summed E-state index contributed by atoms with van der Waals surface area (Å²) in [6.45, 7) is 0. The van der Waals surface area contributed by atoms with Crippen molar-refractivity contribution in [1.82, 2.24) is 9.97 Å². The zero-order chi connectivity index (χ0) is 13.8. The largest absolute Gasteiger partial charge is 0.424 e. The van der Waals surface area contributed by atoms with Gasteiger partial charge in [0.15, 0.2) is 0 Å². The zero-order valence-electron chi connectivity index (χ0n) is 9.42. The summed E-state index contributed by atoms with van der Waals surface area (Å²) in [4.78, 5) is 18.1. The van der Waals surface area contributed by atoms with E-state index >= 15 is 0 Å². The highest BCUT2D eigenvalue weighted by molar-refractivity contribution is 9.10. The summed E-state index contributed by atoms with van der Waals surface area (Å²) in [5, 5.41) is 10.7. The number of non-ortho nitro benzene ring substituents is 1. The van der Waals surface area contributed by atoms with Gasteiger partial charge in [-0.05, 0) is 6.07 Å². The molecule has 0 amide bonds. The van der Waals surface area contributed by atoms with Crippen LogP contribution in [0.25, 0.3) is 0 Å². The first-order valence-corrected chi connectivity index (χ1v) is 6.41. The summed E-state index contributed by atoms with van der Waals surface area (Å²) in [7, 11) is 0. The molecule has 1 aromatic heterocycles. The Balaban J connectivity index is 2.24. The van der Waals surface area contributed by atoms with Gasteiger partial charge in [-0.2, -0.15) is 0 Å².